The number of piperidine rings is 1. The first-order valence-electron chi connectivity index (χ1n) is 12.2. The molecule has 0 spiro atoms. The van der Waals surface area contributed by atoms with Gasteiger partial charge in [-0.25, -0.2) is 14.1 Å². The number of aromatic nitrogens is 5. The van der Waals surface area contributed by atoms with Crippen LogP contribution in [0.1, 0.15) is 66.8 Å². The van der Waals surface area contributed by atoms with E-state index in [-0.39, 0.29) is 34.1 Å². The maximum Gasteiger partial charge on any atom is 0.281 e. The highest BCUT2D eigenvalue weighted by Crippen LogP contribution is 2.27. The van der Waals surface area contributed by atoms with E-state index >= 15 is 0 Å². The molecular weight excluding hydrogens is 459 g/mol. The topological polar surface area (TPSA) is 96.8 Å². The number of nitrogens with zero attached hydrogens (tertiary/aromatic N) is 5. The van der Waals surface area contributed by atoms with Gasteiger partial charge in [0.15, 0.2) is 11.2 Å². The lowest BCUT2D eigenvalue weighted by atomic mass is 9.86. The van der Waals surface area contributed by atoms with Crippen molar-refractivity contribution in [3.63, 3.8) is 0 Å². The maximum atomic E-state index is 13.3. The van der Waals surface area contributed by atoms with Crippen LogP contribution in [0.5, 0.6) is 0 Å². The van der Waals surface area contributed by atoms with Gasteiger partial charge in [0.1, 0.15) is 11.6 Å². The Labute approximate surface area is 208 Å². The number of rotatable bonds is 4. The predicted octanol–water partition coefficient (Wildman–Crippen LogP) is 4.02. The number of hydrogen-bond acceptors (Lipinski definition) is 5. The molecule has 1 N–H and O–H groups in total. The van der Waals surface area contributed by atoms with E-state index in [0.29, 0.717) is 36.7 Å². The van der Waals surface area contributed by atoms with Crippen molar-refractivity contribution in [3.05, 3.63) is 87.2 Å². The van der Waals surface area contributed by atoms with Gasteiger partial charge in [-0.15, -0.1) is 5.10 Å². The molecule has 0 bridgehead atoms. The van der Waals surface area contributed by atoms with Crippen LogP contribution in [0.15, 0.2) is 53.3 Å². The number of aromatic amines is 1. The molecule has 5 rings (SSSR count). The van der Waals surface area contributed by atoms with Gasteiger partial charge in [-0.3, -0.25) is 9.59 Å². The fourth-order valence-electron chi connectivity index (χ4n) is 4.63. The van der Waals surface area contributed by atoms with Crippen LogP contribution in [0.25, 0.3) is 11.2 Å². The number of halogens is 1. The monoisotopic (exact) mass is 488 g/mol. The molecule has 8 nitrogen and oxygen atoms in total. The van der Waals surface area contributed by atoms with E-state index in [1.165, 1.54) is 17.7 Å². The Hall–Kier alpha value is -3.88. The number of nitrogens with one attached hydrogen (secondary N) is 1. The second-order valence-corrected chi connectivity index (χ2v) is 10.4. The number of carbonyl (C=O) groups is 1. The van der Waals surface area contributed by atoms with Crippen LogP contribution >= 0.6 is 0 Å². The quantitative estimate of drug-likeness (QED) is 0.468. The van der Waals surface area contributed by atoms with Crippen molar-refractivity contribution in [1.29, 1.82) is 0 Å². The third-order valence-electron chi connectivity index (χ3n) is 6.73. The van der Waals surface area contributed by atoms with Crippen LogP contribution < -0.4 is 5.56 Å². The lowest BCUT2D eigenvalue weighted by Crippen LogP contribution is -2.40. The van der Waals surface area contributed by atoms with E-state index in [1.54, 1.807) is 16.8 Å². The van der Waals surface area contributed by atoms with Crippen LogP contribution in [0, 0.1) is 5.82 Å². The molecule has 0 unspecified atom stereocenters. The second kappa shape index (κ2) is 9.29. The zero-order valence-corrected chi connectivity index (χ0v) is 20.7. The lowest BCUT2D eigenvalue weighted by Gasteiger charge is -2.32. The van der Waals surface area contributed by atoms with Gasteiger partial charge in [0.2, 0.25) is 0 Å². The molecule has 1 amide bonds. The molecule has 2 aromatic heterocycles. The summed E-state index contributed by atoms with van der Waals surface area (Å²) in [5.41, 5.74) is 2.84. The van der Waals surface area contributed by atoms with E-state index in [4.69, 9.17) is 4.98 Å². The third kappa shape index (κ3) is 4.78. The van der Waals surface area contributed by atoms with E-state index in [1.807, 2.05) is 29.2 Å². The summed E-state index contributed by atoms with van der Waals surface area (Å²) in [5.74, 6) is 0.0748. The van der Waals surface area contributed by atoms with Crippen LogP contribution in [-0.4, -0.2) is 48.9 Å². The number of hydrogen-bond donors (Lipinski definition) is 1. The van der Waals surface area contributed by atoms with E-state index in [0.717, 1.165) is 18.4 Å². The number of benzene rings is 2. The molecule has 1 aliphatic rings. The summed E-state index contributed by atoms with van der Waals surface area (Å²) < 4.78 is 14.8. The van der Waals surface area contributed by atoms with Crippen molar-refractivity contribution in [2.24, 2.45) is 0 Å². The summed E-state index contributed by atoms with van der Waals surface area (Å²) in [4.78, 5) is 35.4. The third-order valence-corrected chi connectivity index (χ3v) is 6.73. The fourth-order valence-corrected chi connectivity index (χ4v) is 4.63. The maximum absolute atomic E-state index is 13.3. The van der Waals surface area contributed by atoms with Crippen LogP contribution in [0.4, 0.5) is 4.39 Å². The molecule has 2 aromatic carbocycles. The molecule has 9 heteroatoms. The van der Waals surface area contributed by atoms with Gasteiger partial charge in [-0.1, -0.05) is 50.3 Å². The van der Waals surface area contributed by atoms with Crippen molar-refractivity contribution >= 4 is 17.1 Å². The molecular formula is C27H29FN6O2. The molecule has 0 radical (unpaired) electrons. The van der Waals surface area contributed by atoms with E-state index in [9.17, 15) is 14.0 Å². The lowest BCUT2D eigenvalue weighted by molar-refractivity contribution is 0.0704. The SMILES string of the molecule is CC(C)(C)c1ccc(C(=O)N2CCC[C@@H](c3nc4c(nnn4Cc4ccc(F)cc4)c(=O)[nH]3)C2)cc1. The molecule has 1 fully saturated rings. The highest BCUT2D eigenvalue weighted by atomic mass is 19.1. The number of H-pyrrole nitrogens is 1. The van der Waals surface area contributed by atoms with Gasteiger partial charge in [-0.2, -0.15) is 0 Å². The first-order chi connectivity index (χ1) is 17.2. The van der Waals surface area contributed by atoms with Crippen LogP contribution in [0.2, 0.25) is 0 Å². The Morgan fingerprint density at radius 2 is 1.83 bits per heavy atom. The van der Waals surface area contributed by atoms with Gasteiger partial charge < -0.3 is 9.88 Å². The smallest absolute Gasteiger partial charge is 0.281 e. The summed E-state index contributed by atoms with van der Waals surface area (Å²) in [7, 11) is 0. The number of amides is 1. The van der Waals surface area contributed by atoms with Gasteiger partial charge in [0.25, 0.3) is 11.5 Å². The number of fused-ring (bicyclic) bond motifs is 1. The first kappa shape index (κ1) is 23.8. The largest absolute Gasteiger partial charge is 0.338 e. The Bertz CT molecular complexity index is 1450. The summed E-state index contributed by atoms with van der Waals surface area (Å²) in [6.45, 7) is 7.87. The van der Waals surface area contributed by atoms with Crippen molar-refractivity contribution in [2.45, 2.75) is 51.5 Å². The molecule has 0 aliphatic carbocycles. The zero-order chi connectivity index (χ0) is 25.4. The van der Waals surface area contributed by atoms with Crippen molar-refractivity contribution in [1.82, 2.24) is 29.9 Å². The van der Waals surface area contributed by atoms with Gasteiger partial charge >= 0.3 is 0 Å². The summed E-state index contributed by atoms with van der Waals surface area (Å²) in [6.07, 6.45) is 1.62. The molecule has 4 aromatic rings. The van der Waals surface area contributed by atoms with Crippen LogP contribution in [0.3, 0.4) is 0 Å². The average molecular weight is 489 g/mol. The zero-order valence-electron chi connectivity index (χ0n) is 20.7. The molecule has 186 valence electrons. The van der Waals surface area contributed by atoms with Gasteiger partial charge in [0.05, 0.1) is 6.54 Å². The molecule has 1 atom stereocenters. The molecule has 1 aliphatic heterocycles. The molecule has 0 saturated carbocycles. The minimum absolute atomic E-state index is 0.0199. The van der Waals surface area contributed by atoms with Crippen molar-refractivity contribution in [3.8, 4) is 0 Å². The minimum Gasteiger partial charge on any atom is -0.338 e. The van der Waals surface area contributed by atoms with Crippen molar-refractivity contribution < 1.29 is 9.18 Å². The summed E-state index contributed by atoms with van der Waals surface area (Å²) in [6, 6.07) is 13.9. The van der Waals surface area contributed by atoms with Gasteiger partial charge in [-0.05, 0) is 53.6 Å². The fraction of sp³-hybridized carbons (Fsp3) is 0.370. The second-order valence-electron chi connectivity index (χ2n) is 10.4. The Morgan fingerprint density at radius 3 is 2.53 bits per heavy atom. The average Bonchev–Trinajstić information content (AvgIpc) is 3.28. The Morgan fingerprint density at radius 1 is 1.11 bits per heavy atom. The minimum atomic E-state index is -0.360. The first-order valence-corrected chi connectivity index (χ1v) is 12.2. The predicted molar refractivity (Wildman–Crippen MR) is 134 cm³/mol. The number of carbonyl (C=O) groups excluding carboxylic acids is 1. The summed E-state index contributed by atoms with van der Waals surface area (Å²) >= 11 is 0. The molecule has 36 heavy (non-hydrogen) atoms. The Balaban J connectivity index is 1.38. The molecule has 3 heterocycles. The van der Waals surface area contributed by atoms with E-state index in [2.05, 4.69) is 36.1 Å². The summed E-state index contributed by atoms with van der Waals surface area (Å²) in [5, 5.41) is 8.09. The van der Waals surface area contributed by atoms with Gasteiger partial charge in [0, 0.05) is 24.6 Å². The standard InChI is InChI=1S/C27H29FN6O2/c1-27(2,3)20-10-8-18(9-11-20)26(36)33-14-4-5-19(16-33)23-29-24-22(25(35)30-23)31-32-34(24)15-17-6-12-21(28)13-7-17/h6-13,19H,4-5,14-16H2,1-3H3,(H,29,30,35)/t19-/m1/s1. The van der Waals surface area contributed by atoms with Crippen LogP contribution in [-0.2, 0) is 12.0 Å². The molecule has 1 saturated heterocycles. The number of likely N-dealkylation sites (tertiary alicyclic amines) is 1. The highest BCUT2D eigenvalue weighted by Gasteiger charge is 2.28. The van der Waals surface area contributed by atoms with E-state index < -0.39 is 0 Å². The van der Waals surface area contributed by atoms with Crippen molar-refractivity contribution in [2.75, 3.05) is 13.1 Å². The Kier molecular flexibility index (Phi) is 6.15. The normalized spacial score (nSPS) is 16.4. The highest BCUT2D eigenvalue weighted by molar-refractivity contribution is 5.94.